The van der Waals surface area contributed by atoms with Crippen LogP contribution in [-0.4, -0.2) is 54.7 Å². The van der Waals surface area contributed by atoms with Crippen molar-refractivity contribution in [2.45, 2.75) is 24.8 Å². The van der Waals surface area contributed by atoms with Gasteiger partial charge in [-0.3, -0.25) is 9.69 Å². The van der Waals surface area contributed by atoms with Crippen molar-refractivity contribution in [1.29, 1.82) is 0 Å². The second-order valence-corrected chi connectivity index (χ2v) is 4.60. The molecule has 0 aromatic rings. The van der Waals surface area contributed by atoms with Gasteiger partial charge in [-0.25, -0.2) is 0 Å². The van der Waals surface area contributed by atoms with Crippen LogP contribution >= 0.6 is 0 Å². The summed E-state index contributed by atoms with van der Waals surface area (Å²) in [6.45, 7) is 2.03. The van der Waals surface area contributed by atoms with Crippen molar-refractivity contribution in [1.82, 2.24) is 4.90 Å². The number of hydrogen-bond donors (Lipinski definition) is 1. The highest BCUT2D eigenvalue weighted by Crippen LogP contribution is 2.35. The molecule has 3 heterocycles. The van der Waals surface area contributed by atoms with Crippen molar-refractivity contribution in [2.75, 3.05) is 33.4 Å². The van der Waals surface area contributed by atoms with E-state index in [1.807, 2.05) is 0 Å². The lowest BCUT2D eigenvalue weighted by Gasteiger charge is -2.44. The van der Waals surface area contributed by atoms with Crippen LogP contribution in [0.15, 0.2) is 0 Å². The Balaban J connectivity index is 2.30. The number of aliphatic hydroxyl groups is 1. The summed E-state index contributed by atoms with van der Waals surface area (Å²) in [7, 11) is 1.59. The Bertz CT molecular complexity index is 252. The van der Waals surface area contributed by atoms with Gasteiger partial charge in [0.25, 0.3) is 0 Å². The number of carbonyl (C=O) groups is 1. The Morgan fingerprint density at radius 2 is 2.33 bits per heavy atom. The largest absolute Gasteiger partial charge is 0.394 e. The molecule has 0 aromatic carbocycles. The van der Waals surface area contributed by atoms with Gasteiger partial charge in [-0.2, -0.15) is 0 Å². The van der Waals surface area contributed by atoms with Crippen molar-refractivity contribution in [3.8, 4) is 0 Å². The highest BCUT2D eigenvalue weighted by atomic mass is 16.5. The minimum Gasteiger partial charge on any atom is -0.394 e. The first kappa shape index (κ1) is 11.0. The second-order valence-electron chi connectivity index (χ2n) is 4.60. The summed E-state index contributed by atoms with van der Waals surface area (Å²) in [5, 5.41) is 9.55. The normalized spacial score (nSPS) is 40.5. The molecular formula is C11H19NO3. The minimum atomic E-state index is -0.742. The van der Waals surface area contributed by atoms with Crippen molar-refractivity contribution >= 4 is 5.78 Å². The molecule has 3 fully saturated rings. The van der Waals surface area contributed by atoms with Crippen molar-refractivity contribution < 1.29 is 14.6 Å². The Labute approximate surface area is 90.2 Å². The number of hydrogen-bond acceptors (Lipinski definition) is 4. The fraction of sp³-hybridized carbons (Fsp3) is 0.909. The number of rotatable bonds is 3. The summed E-state index contributed by atoms with van der Waals surface area (Å²) in [6, 6.07) is 0. The molecule has 3 atom stereocenters. The first-order valence-electron chi connectivity index (χ1n) is 5.64. The van der Waals surface area contributed by atoms with Gasteiger partial charge in [0.15, 0.2) is 5.78 Å². The third-order valence-electron chi connectivity index (χ3n) is 3.81. The molecule has 4 heteroatoms. The Hall–Kier alpha value is -0.450. The molecule has 1 unspecified atom stereocenters. The lowest BCUT2D eigenvalue weighted by Crippen LogP contribution is -2.64. The first-order valence-corrected chi connectivity index (χ1v) is 5.64. The van der Waals surface area contributed by atoms with Gasteiger partial charge in [-0.05, 0) is 32.4 Å². The average Bonchev–Trinajstić information content (AvgIpc) is 2.55. The SMILES string of the molecule is COC[C@@]1(CO)C(=O)[C@H]2CCCN1CC2. The van der Waals surface area contributed by atoms with Gasteiger partial charge >= 0.3 is 0 Å². The smallest absolute Gasteiger partial charge is 0.160 e. The van der Waals surface area contributed by atoms with E-state index in [2.05, 4.69) is 4.90 Å². The second kappa shape index (κ2) is 4.20. The van der Waals surface area contributed by atoms with Gasteiger partial charge < -0.3 is 9.84 Å². The highest BCUT2D eigenvalue weighted by molar-refractivity contribution is 5.91. The summed E-state index contributed by atoms with van der Waals surface area (Å²) in [4.78, 5) is 14.4. The summed E-state index contributed by atoms with van der Waals surface area (Å²) in [6.07, 6.45) is 2.98. The molecule has 3 aliphatic rings. The van der Waals surface area contributed by atoms with E-state index in [0.29, 0.717) is 6.61 Å². The van der Waals surface area contributed by atoms with E-state index in [1.54, 1.807) is 7.11 Å². The van der Waals surface area contributed by atoms with E-state index in [-0.39, 0.29) is 18.3 Å². The fourth-order valence-electron chi connectivity index (χ4n) is 2.95. The van der Waals surface area contributed by atoms with E-state index >= 15 is 0 Å². The Morgan fingerprint density at radius 3 is 3.00 bits per heavy atom. The minimum absolute atomic E-state index is 0.115. The van der Waals surface area contributed by atoms with Crippen molar-refractivity contribution in [3.05, 3.63) is 0 Å². The molecule has 15 heavy (non-hydrogen) atoms. The Kier molecular flexibility index (Phi) is 3.09. The van der Waals surface area contributed by atoms with Gasteiger partial charge in [0, 0.05) is 13.0 Å². The maximum absolute atomic E-state index is 12.3. The summed E-state index contributed by atoms with van der Waals surface area (Å²) in [5.74, 6) is 0.335. The predicted molar refractivity (Wildman–Crippen MR) is 55.6 cm³/mol. The molecule has 0 spiro atoms. The molecule has 3 rings (SSSR count). The number of carbonyl (C=O) groups excluding carboxylic acids is 1. The van der Waals surface area contributed by atoms with Crippen molar-refractivity contribution in [3.63, 3.8) is 0 Å². The molecule has 0 amide bonds. The van der Waals surface area contributed by atoms with E-state index < -0.39 is 5.54 Å². The predicted octanol–water partition coefficient (Wildman–Crippen LogP) is 0.0487. The molecule has 3 aliphatic heterocycles. The van der Waals surface area contributed by atoms with Crippen LogP contribution < -0.4 is 0 Å². The van der Waals surface area contributed by atoms with Gasteiger partial charge in [0.2, 0.25) is 0 Å². The topological polar surface area (TPSA) is 49.8 Å². The van der Waals surface area contributed by atoms with Gasteiger partial charge in [-0.15, -0.1) is 0 Å². The molecule has 0 aromatic heterocycles. The van der Waals surface area contributed by atoms with Crippen LogP contribution in [0.3, 0.4) is 0 Å². The molecular weight excluding hydrogens is 194 g/mol. The van der Waals surface area contributed by atoms with Crippen LogP contribution in [0, 0.1) is 5.92 Å². The lowest BCUT2D eigenvalue weighted by atomic mass is 9.80. The monoisotopic (exact) mass is 213 g/mol. The highest BCUT2D eigenvalue weighted by Gasteiger charge is 2.50. The zero-order valence-corrected chi connectivity index (χ0v) is 9.24. The molecule has 0 aliphatic carbocycles. The fourth-order valence-corrected chi connectivity index (χ4v) is 2.95. The van der Waals surface area contributed by atoms with Crippen LogP contribution in [0.4, 0.5) is 0 Å². The number of methoxy groups -OCH3 is 1. The number of Topliss-reactive ketones (excluding diaryl/α,β-unsaturated/α-hetero) is 1. The molecule has 2 bridgehead atoms. The zero-order chi connectivity index (χ0) is 10.9. The number of piperidine rings is 1. The molecule has 4 nitrogen and oxygen atoms in total. The summed E-state index contributed by atoms with van der Waals surface area (Å²) >= 11 is 0. The number of aliphatic hydroxyl groups excluding tert-OH is 1. The van der Waals surface area contributed by atoms with Crippen molar-refractivity contribution in [2.24, 2.45) is 5.92 Å². The third-order valence-corrected chi connectivity index (χ3v) is 3.81. The van der Waals surface area contributed by atoms with Gasteiger partial charge in [0.05, 0.1) is 13.2 Å². The standard InChI is InChI=1S/C11H19NO3/c1-15-8-11(7-13)10(14)9-3-2-5-12(11)6-4-9/h9,13H,2-8H2,1H3/t9-,11-/m0/s1. The molecule has 0 saturated carbocycles. The van der Waals surface area contributed by atoms with E-state index in [1.165, 1.54) is 0 Å². The molecule has 3 saturated heterocycles. The number of ether oxygens (including phenoxy) is 1. The molecule has 86 valence electrons. The maximum Gasteiger partial charge on any atom is 0.160 e. The maximum atomic E-state index is 12.3. The van der Waals surface area contributed by atoms with Crippen LogP contribution in [0.2, 0.25) is 0 Å². The lowest BCUT2D eigenvalue weighted by molar-refractivity contribution is -0.147. The van der Waals surface area contributed by atoms with E-state index in [9.17, 15) is 9.90 Å². The summed E-state index contributed by atoms with van der Waals surface area (Å²) in [5.41, 5.74) is -0.742. The average molecular weight is 213 g/mol. The summed E-state index contributed by atoms with van der Waals surface area (Å²) < 4.78 is 5.13. The number of nitrogens with zero attached hydrogens (tertiary/aromatic N) is 1. The Morgan fingerprint density at radius 1 is 1.53 bits per heavy atom. The first-order chi connectivity index (χ1) is 7.24. The van der Waals surface area contributed by atoms with Crippen LogP contribution in [-0.2, 0) is 9.53 Å². The van der Waals surface area contributed by atoms with Gasteiger partial charge in [0.1, 0.15) is 5.54 Å². The van der Waals surface area contributed by atoms with E-state index in [0.717, 1.165) is 32.4 Å². The van der Waals surface area contributed by atoms with Crippen LogP contribution in [0.5, 0.6) is 0 Å². The quantitative estimate of drug-likeness (QED) is 0.719. The molecule has 1 N–H and O–H groups in total. The van der Waals surface area contributed by atoms with Crippen LogP contribution in [0.1, 0.15) is 19.3 Å². The third kappa shape index (κ3) is 1.61. The molecule has 0 radical (unpaired) electrons. The van der Waals surface area contributed by atoms with Gasteiger partial charge in [-0.1, -0.05) is 0 Å². The number of ketones is 1. The zero-order valence-electron chi connectivity index (χ0n) is 9.24. The number of fused-ring (bicyclic) bond motifs is 4. The van der Waals surface area contributed by atoms with Crippen LogP contribution in [0.25, 0.3) is 0 Å². The van der Waals surface area contributed by atoms with E-state index in [4.69, 9.17) is 4.74 Å².